The van der Waals surface area contributed by atoms with Gasteiger partial charge in [0.25, 0.3) is 0 Å². The summed E-state index contributed by atoms with van der Waals surface area (Å²) in [5.74, 6) is 0.822. The molecule has 1 aliphatic heterocycles. The lowest BCUT2D eigenvalue weighted by atomic mass is 9.92. The zero-order valence-corrected chi connectivity index (χ0v) is 15.2. The molecule has 0 radical (unpaired) electrons. The molecular weight excluding hydrogens is 327 g/mol. The van der Waals surface area contributed by atoms with E-state index in [9.17, 15) is 14.0 Å². The number of likely N-dealkylation sites (tertiary alicyclic amines) is 1. The highest BCUT2D eigenvalue weighted by Gasteiger charge is 2.28. The van der Waals surface area contributed by atoms with Gasteiger partial charge >= 0.3 is 0 Å². The predicted molar refractivity (Wildman–Crippen MR) is 96.5 cm³/mol. The third kappa shape index (κ3) is 5.51. The number of benzene rings is 1. The number of carbonyl (C=O) groups is 2. The molecule has 1 aromatic rings. The summed E-state index contributed by atoms with van der Waals surface area (Å²) in [6, 6.07) is 5.63. The Hall–Kier alpha value is -1.56. The number of nitrogens with one attached hydrogen (secondary N) is 1. The minimum absolute atomic E-state index is 0.105. The molecule has 3 atom stereocenters. The minimum Gasteiger partial charge on any atom is -0.341 e. The van der Waals surface area contributed by atoms with E-state index < -0.39 is 0 Å². The molecule has 0 saturated carbocycles. The van der Waals surface area contributed by atoms with E-state index in [1.54, 1.807) is 0 Å². The zero-order valence-electron chi connectivity index (χ0n) is 14.4. The number of halogens is 1. The monoisotopic (exact) mass is 352 g/mol. The number of nitrogens with zero attached hydrogens (tertiary/aromatic N) is 1. The first-order valence-corrected chi connectivity index (χ1v) is 9.36. The molecule has 2 rings (SSSR count). The van der Waals surface area contributed by atoms with Crippen LogP contribution in [0.25, 0.3) is 0 Å². The maximum absolute atomic E-state index is 12.8. The van der Waals surface area contributed by atoms with Crippen molar-refractivity contribution in [2.45, 2.75) is 32.4 Å². The van der Waals surface area contributed by atoms with Crippen molar-refractivity contribution in [3.63, 3.8) is 0 Å². The number of thioether (sulfide) groups is 1. The Morgan fingerprint density at radius 1 is 1.25 bits per heavy atom. The van der Waals surface area contributed by atoms with Gasteiger partial charge in [-0.3, -0.25) is 9.59 Å². The van der Waals surface area contributed by atoms with Gasteiger partial charge in [0, 0.05) is 18.8 Å². The summed E-state index contributed by atoms with van der Waals surface area (Å²) < 4.78 is 12.8. The van der Waals surface area contributed by atoms with E-state index in [1.165, 1.54) is 36.0 Å². The number of hydrogen-bond donors (Lipinski definition) is 1. The van der Waals surface area contributed by atoms with Crippen molar-refractivity contribution in [1.29, 1.82) is 0 Å². The van der Waals surface area contributed by atoms with E-state index in [2.05, 4.69) is 19.2 Å². The van der Waals surface area contributed by atoms with Crippen molar-refractivity contribution < 1.29 is 14.0 Å². The normalized spacial score (nSPS) is 22.1. The summed E-state index contributed by atoms with van der Waals surface area (Å²) in [6.45, 7) is 7.79. The minimum atomic E-state index is -0.341. The van der Waals surface area contributed by atoms with Crippen LogP contribution in [0.1, 0.15) is 27.2 Å². The standard InChI is InChI=1S/C18H25FN2O2S/c1-12-8-13(2)10-21(9-12)18(23)14(3)24-11-17(22)20-16-6-4-15(19)5-7-16/h4-7,12-14H,8-11H2,1-3H3,(H,20,22). The Labute approximate surface area is 147 Å². The fourth-order valence-corrected chi connectivity index (χ4v) is 3.87. The first-order chi connectivity index (χ1) is 11.3. The van der Waals surface area contributed by atoms with Crippen LogP contribution in [0.15, 0.2) is 24.3 Å². The fraction of sp³-hybridized carbons (Fsp3) is 0.556. The van der Waals surface area contributed by atoms with Crippen LogP contribution >= 0.6 is 11.8 Å². The van der Waals surface area contributed by atoms with Gasteiger partial charge in [-0.05, 0) is 49.4 Å². The van der Waals surface area contributed by atoms with Gasteiger partial charge in [-0.2, -0.15) is 0 Å². The molecule has 3 unspecified atom stereocenters. The second-order valence-corrected chi connectivity index (χ2v) is 8.03. The highest BCUT2D eigenvalue weighted by Crippen LogP contribution is 2.23. The molecule has 1 saturated heterocycles. The summed E-state index contributed by atoms with van der Waals surface area (Å²) in [4.78, 5) is 26.4. The molecular formula is C18H25FN2O2S. The molecule has 1 N–H and O–H groups in total. The maximum atomic E-state index is 12.8. The van der Waals surface area contributed by atoms with Gasteiger partial charge in [0.05, 0.1) is 11.0 Å². The fourth-order valence-electron chi connectivity index (χ4n) is 3.10. The van der Waals surface area contributed by atoms with Crippen LogP contribution in [0.3, 0.4) is 0 Å². The number of carbonyl (C=O) groups excluding carboxylic acids is 2. The summed E-state index contributed by atoms with van der Waals surface area (Å²) in [5, 5.41) is 2.46. The summed E-state index contributed by atoms with van der Waals surface area (Å²) in [7, 11) is 0. The quantitative estimate of drug-likeness (QED) is 0.884. The van der Waals surface area contributed by atoms with Crippen molar-refractivity contribution in [2.24, 2.45) is 11.8 Å². The van der Waals surface area contributed by atoms with Crippen LogP contribution < -0.4 is 5.32 Å². The van der Waals surface area contributed by atoms with Gasteiger partial charge in [0.2, 0.25) is 11.8 Å². The Kier molecular flexibility index (Phi) is 6.66. The second kappa shape index (κ2) is 8.51. The molecule has 2 amide bonds. The molecule has 4 nitrogen and oxygen atoms in total. The van der Waals surface area contributed by atoms with Crippen molar-refractivity contribution in [3.05, 3.63) is 30.1 Å². The summed E-state index contributed by atoms with van der Waals surface area (Å²) in [5.41, 5.74) is 0.555. The molecule has 1 fully saturated rings. The SMILES string of the molecule is CC1CC(C)CN(C(=O)C(C)SCC(=O)Nc2ccc(F)cc2)C1. The van der Waals surface area contributed by atoms with E-state index in [0.717, 1.165) is 19.5 Å². The Morgan fingerprint density at radius 2 is 1.83 bits per heavy atom. The van der Waals surface area contributed by atoms with Crippen molar-refractivity contribution in [3.8, 4) is 0 Å². The number of hydrogen-bond acceptors (Lipinski definition) is 3. The van der Waals surface area contributed by atoms with E-state index in [1.807, 2.05) is 11.8 Å². The molecule has 1 aromatic carbocycles. The average molecular weight is 352 g/mol. The first-order valence-electron chi connectivity index (χ1n) is 8.31. The molecule has 1 heterocycles. The molecule has 1 aliphatic rings. The Balaban J connectivity index is 1.79. The molecule has 0 aromatic heterocycles. The van der Waals surface area contributed by atoms with E-state index in [4.69, 9.17) is 0 Å². The lowest BCUT2D eigenvalue weighted by molar-refractivity contribution is -0.132. The summed E-state index contributed by atoms with van der Waals surface area (Å²) in [6.07, 6.45) is 1.16. The van der Waals surface area contributed by atoms with Crippen LogP contribution in [-0.2, 0) is 9.59 Å². The number of anilines is 1. The van der Waals surface area contributed by atoms with Gasteiger partial charge in [-0.15, -0.1) is 11.8 Å². The number of rotatable bonds is 5. The smallest absolute Gasteiger partial charge is 0.235 e. The predicted octanol–water partition coefficient (Wildman–Crippen LogP) is 3.39. The largest absolute Gasteiger partial charge is 0.341 e. The molecule has 132 valence electrons. The van der Waals surface area contributed by atoms with Crippen molar-refractivity contribution >= 4 is 29.3 Å². The number of amides is 2. The van der Waals surface area contributed by atoms with Gasteiger partial charge in [-0.25, -0.2) is 4.39 Å². The lowest BCUT2D eigenvalue weighted by Gasteiger charge is -2.36. The lowest BCUT2D eigenvalue weighted by Crippen LogP contribution is -2.45. The van der Waals surface area contributed by atoms with Crippen molar-refractivity contribution in [1.82, 2.24) is 4.90 Å². The molecule has 0 bridgehead atoms. The Morgan fingerprint density at radius 3 is 2.42 bits per heavy atom. The first kappa shape index (κ1) is 18.8. The Bertz CT molecular complexity index is 569. The highest BCUT2D eigenvalue weighted by molar-refractivity contribution is 8.01. The van der Waals surface area contributed by atoms with Crippen LogP contribution in [-0.4, -0.2) is 40.8 Å². The highest BCUT2D eigenvalue weighted by atomic mass is 32.2. The summed E-state index contributed by atoms with van der Waals surface area (Å²) >= 11 is 1.33. The van der Waals surface area contributed by atoms with Gasteiger partial charge in [0.15, 0.2) is 0 Å². The third-order valence-corrected chi connectivity index (χ3v) is 5.25. The molecule has 0 spiro atoms. The molecule has 24 heavy (non-hydrogen) atoms. The second-order valence-electron chi connectivity index (χ2n) is 6.70. The van der Waals surface area contributed by atoms with E-state index >= 15 is 0 Å². The maximum Gasteiger partial charge on any atom is 0.235 e. The third-order valence-electron chi connectivity index (χ3n) is 4.12. The van der Waals surface area contributed by atoms with Gasteiger partial charge < -0.3 is 10.2 Å². The molecule has 0 aliphatic carbocycles. The number of piperidine rings is 1. The van der Waals surface area contributed by atoms with Gasteiger partial charge in [0.1, 0.15) is 5.82 Å². The average Bonchev–Trinajstić information content (AvgIpc) is 2.53. The van der Waals surface area contributed by atoms with Gasteiger partial charge in [-0.1, -0.05) is 13.8 Å². The van der Waals surface area contributed by atoms with Crippen molar-refractivity contribution in [2.75, 3.05) is 24.2 Å². The molecule has 6 heteroatoms. The van der Waals surface area contributed by atoms with E-state index in [0.29, 0.717) is 17.5 Å². The zero-order chi connectivity index (χ0) is 17.7. The van der Waals surface area contributed by atoms with Crippen LogP contribution in [0.4, 0.5) is 10.1 Å². The van der Waals surface area contributed by atoms with Crippen LogP contribution in [0.5, 0.6) is 0 Å². The van der Waals surface area contributed by atoms with Crippen LogP contribution in [0, 0.1) is 17.7 Å². The van der Waals surface area contributed by atoms with Crippen LogP contribution in [0.2, 0.25) is 0 Å². The topological polar surface area (TPSA) is 49.4 Å². The van der Waals surface area contributed by atoms with E-state index in [-0.39, 0.29) is 28.6 Å².